The predicted molar refractivity (Wildman–Crippen MR) is 44.3 cm³/mol. The van der Waals surface area contributed by atoms with Crippen molar-refractivity contribution in [2.75, 3.05) is 0 Å². The van der Waals surface area contributed by atoms with Crippen LogP contribution in [0.25, 0.3) is 10.8 Å². The molecule has 14 heavy (non-hydrogen) atoms. The van der Waals surface area contributed by atoms with E-state index in [4.69, 9.17) is 0 Å². The van der Waals surface area contributed by atoms with Gasteiger partial charge in [0, 0.05) is 0 Å². The molecule has 0 fully saturated rings. The predicted octanol–water partition coefficient (Wildman–Crippen LogP) is -6.12. The summed E-state index contributed by atoms with van der Waals surface area (Å²) in [5, 5.41) is 2.69. The first-order valence-corrected chi connectivity index (χ1v) is 3.48. The van der Waals surface area contributed by atoms with Crippen LogP contribution in [-0.4, -0.2) is 0 Å². The van der Waals surface area contributed by atoms with Gasteiger partial charge in [-0.2, -0.15) is 6.07 Å². The number of fused-ring (bicyclic) bond motifs is 1. The van der Waals surface area contributed by atoms with Crippen LogP contribution in [0.1, 0.15) is 5.56 Å². The molecule has 0 bridgehead atoms. The van der Waals surface area contributed by atoms with Gasteiger partial charge in [-0.05, 0) is 0 Å². The average Bonchev–Trinajstić information content (AvgIpc) is 2.27. The van der Waals surface area contributed by atoms with Crippen LogP contribution in [0.5, 0.6) is 0 Å². The Kier molecular flexibility index (Phi) is 13.8. The standard InChI is InChI=1S/C10H9.3BrH.Zr/c1-8-6-9-4-2-3-5-10(9)7-8;;;;/h2-7H,1H3;3*1H;/q-1;;;;+4/p-3. The quantitative estimate of drug-likeness (QED) is 0.344. The smallest absolute Gasteiger partial charge is 1.00 e. The van der Waals surface area contributed by atoms with Gasteiger partial charge in [0.25, 0.3) is 0 Å². The van der Waals surface area contributed by atoms with Gasteiger partial charge in [-0.1, -0.05) is 13.0 Å². The van der Waals surface area contributed by atoms with Gasteiger partial charge in [-0.15, -0.1) is 40.6 Å². The zero-order valence-electron chi connectivity index (χ0n) is 7.60. The van der Waals surface area contributed by atoms with Crippen LogP contribution in [0, 0.1) is 6.92 Å². The first-order valence-electron chi connectivity index (χ1n) is 3.48. The van der Waals surface area contributed by atoms with Gasteiger partial charge in [-0.3, -0.25) is 0 Å². The first-order chi connectivity index (χ1) is 4.86. The molecule has 0 aromatic heterocycles. The van der Waals surface area contributed by atoms with E-state index in [0.717, 1.165) is 0 Å². The molecule has 0 N–H and O–H groups in total. The molecule has 0 aliphatic heterocycles. The van der Waals surface area contributed by atoms with E-state index >= 15 is 0 Å². The zero-order valence-corrected chi connectivity index (χ0v) is 14.8. The van der Waals surface area contributed by atoms with Gasteiger partial charge in [-0.25, -0.2) is 0 Å². The molecule has 0 nitrogen and oxygen atoms in total. The summed E-state index contributed by atoms with van der Waals surface area (Å²) < 4.78 is 0. The van der Waals surface area contributed by atoms with Crippen molar-refractivity contribution in [2.45, 2.75) is 6.92 Å². The normalized spacial score (nSPS) is 7.50. The molecule has 0 heterocycles. The molecule has 0 unspecified atom stereocenters. The molecule has 0 aliphatic rings. The van der Waals surface area contributed by atoms with E-state index in [-0.39, 0.29) is 77.1 Å². The van der Waals surface area contributed by atoms with Crippen molar-refractivity contribution >= 4 is 10.8 Å². The SMILES string of the molecule is Cc1cc2ccccc2[cH-]1.[Br-].[Br-].[Br-].[Zr+4]. The van der Waals surface area contributed by atoms with Gasteiger partial charge >= 0.3 is 26.2 Å². The minimum absolute atomic E-state index is 0. The summed E-state index contributed by atoms with van der Waals surface area (Å²) in [6, 6.07) is 12.8. The van der Waals surface area contributed by atoms with Crippen LogP contribution >= 0.6 is 0 Å². The van der Waals surface area contributed by atoms with Gasteiger partial charge in [0.1, 0.15) is 0 Å². The molecular formula is C10H9Br3Zr. The maximum Gasteiger partial charge on any atom is 4.00 e. The van der Waals surface area contributed by atoms with Crippen LogP contribution in [-0.2, 0) is 26.2 Å². The molecule has 2 rings (SSSR count). The zero-order chi connectivity index (χ0) is 6.97. The molecule has 2 aromatic carbocycles. The van der Waals surface area contributed by atoms with E-state index in [1.165, 1.54) is 16.3 Å². The molecule has 0 amide bonds. The molecule has 0 saturated heterocycles. The summed E-state index contributed by atoms with van der Waals surface area (Å²) in [5.41, 5.74) is 1.35. The summed E-state index contributed by atoms with van der Waals surface area (Å²) in [6.45, 7) is 2.12. The number of halogens is 3. The molecular weight excluding hydrogens is 451 g/mol. The molecule has 0 atom stereocenters. The van der Waals surface area contributed by atoms with Crippen molar-refractivity contribution in [3.05, 3.63) is 42.0 Å². The van der Waals surface area contributed by atoms with E-state index in [2.05, 4.69) is 43.3 Å². The van der Waals surface area contributed by atoms with Crippen molar-refractivity contribution < 1.29 is 77.1 Å². The fourth-order valence-electron chi connectivity index (χ4n) is 1.31. The third-order valence-corrected chi connectivity index (χ3v) is 1.76. The summed E-state index contributed by atoms with van der Waals surface area (Å²) in [5.74, 6) is 0. The van der Waals surface area contributed by atoms with Crippen LogP contribution in [0.4, 0.5) is 0 Å². The summed E-state index contributed by atoms with van der Waals surface area (Å²) >= 11 is 0. The van der Waals surface area contributed by atoms with Crippen LogP contribution < -0.4 is 50.9 Å². The second-order valence-corrected chi connectivity index (χ2v) is 2.66. The van der Waals surface area contributed by atoms with Crippen molar-refractivity contribution in [1.82, 2.24) is 0 Å². The van der Waals surface area contributed by atoms with Crippen molar-refractivity contribution in [3.8, 4) is 0 Å². The van der Waals surface area contributed by atoms with Gasteiger partial charge < -0.3 is 50.9 Å². The molecule has 0 saturated carbocycles. The van der Waals surface area contributed by atoms with Gasteiger partial charge in [0.05, 0.1) is 0 Å². The maximum absolute atomic E-state index is 2.20. The fraction of sp³-hybridized carbons (Fsp3) is 0.100. The topological polar surface area (TPSA) is 0 Å². The maximum atomic E-state index is 2.20. The molecule has 0 radical (unpaired) electrons. The number of hydrogen-bond donors (Lipinski definition) is 0. The largest absolute Gasteiger partial charge is 4.00 e. The average molecular weight is 460 g/mol. The van der Waals surface area contributed by atoms with Gasteiger partial charge in [0.2, 0.25) is 0 Å². The molecule has 2 aromatic rings. The number of hydrogen-bond acceptors (Lipinski definition) is 0. The van der Waals surface area contributed by atoms with Gasteiger partial charge in [0.15, 0.2) is 0 Å². The Balaban J connectivity index is -0.000000302. The second kappa shape index (κ2) is 9.38. The third kappa shape index (κ3) is 4.78. The minimum atomic E-state index is 0. The first kappa shape index (κ1) is 20.6. The van der Waals surface area contributed by atoms with Crippen molar-refractivity contribution in [2.24, 2.45) is 0 Å². The van der Waals surface area contributed by atoms with Crippen molar-refractivity contribution in [1.29, 1.82) is 0 Å². The molecule has 4 heteroatoms. The molecule has 0 spiro atoms. The van der Waals surface area contributed by atoms with E-state index in [0.29, 0.717) is 0 Å². The number of aryl methyl sites for hydroxylation is 1. The summed E-state index contributed by atoms with van der Waals surface area (Å²) in [7, 11) is 0. The molecule has 0 aliphatic carbocycles. The van der Waals surface area contributed by atoms with E-state index < -0.39 is 0 Å². The number of rotatable bonds is 0. The monoisotopic (exact) mass is 456 g/mol. The van der Waals surface area contributed by atoms with E-state index in [1.807, 2.05) is 0 Å². The Bertz CT molecular complexity index is 324. The Morgan fingerprint density at radius 3 is 2.14 bits per heavy atom. The fourth-order valence-corrected chi connectivity index (χ4v) is 1.31. The Labute approximate surface area is 135 Å². The second-order valence-electron chi connectivity index (χ2n) is 2.66. The van der Waals surface area contributed by atoms with E-state index in [1.54, 1.807) is 0 Å². The van der Waals surface area contributed by atoms with Crippen molar-refractivity contribution in [3.63, 3.8) is 0 Å². The Morgan fingerprint density at radius 2 is 1.57 bits per heavy atom. The van der Waals surface area contributed by atoms with Crippen LogP contribution in [0.3, 0.4) is 0 Å². The minimum Gasteiger partial charge on any atom is -1.00 e. The van der Waals surface area contributed by atoms with Crippen LogP contribution in [0.15, 0.2) is 36.4 Å². The summed E-state index contributed by atoms with van der Waals surface area (Å²) in [4.78, 5) is 0. The number of benzene rings is 1. The summed E-state index contributed by atoms with van der Waals surface area (Å²) in [6.07, 6.45) is 0. The van der Waals surface area contributed by atoms with Crippen LogP contribution in [0.2, 0.25) is 0 Å². The Morgan fingerprint density at radius 1 is 1.00 bits per heavy atom. The van der Waals surface area contributed by atoms with E-state index in [9.17, 15) is 0 Å². The third-order valence-electron chi connectivity index (χ3n) is 1.76. The Hall–Kier alpha value is 1.15. The molecule has 74 valence electrons.